The number of aromatic nitrogens is 3. The van der Waals surface area contributed by atoms with Gasteiger partial charge in [0, 0.05) is 11.1 Å². The molecule has 0 radical (unpaired) electrons. The van der Waals surface area contributed by atoms with Crippen molar-refractivity contribution in [2.45, 2.75) is 13.8 Å². The van der Waals surface area contributed by atoms with Crippen molar-refractivity contribution in [1.29, 1.82) is 0 Å². The summed E-state index contributed by atoms with van der Waals surface area (Å²) in [6, 6.07) is 1.90. The topological polar surface area (TPSA) is 38.7 Å². The molecule has 0 unspecified atom stereocenters. The Morgan fingerprint density at radius 1 is 1.21 bits per heavy atom. The molecular weight excluding hydrogens is 218 g/mol. The molecule has 0 saturated heterocycles. The number of nitrogens with zero attached hydrogens (tertiary/aromatic N) is 3. The van der Waals surface area contributed by atoms with Gasteiger partial charge in [-0.15, -0.1) is 16.4 Å². The fourth-order valence-corrected chi connectivity index (χ4v) is 2.15. The predicted octanol–water partition coefficient (Wildman–Crippen LogP) is 2.87. The molecule has 72 valence electrons. The third-order valence-electron chi connectivity index (χ3n) is 1.72. The molecular formula is C9H8ClN3S. The number of hydrogen-bond acceptors (Lipinski definition) is 4. The molecule has 2 aromatic heterocycles. The van der Waals surface area contributed by atoms with E-state index in [9.17, 15) is 0 Å². The van der Waals surface area contributed by atoms with E-state index >= 15 is 0 Å². The van der Waals surface area contributed by atoms with Crippen molar-refractivity contribution in [3.05, 3.63) is 28.0 Å². The Hall–Kier alpha value is -1.00. The van der Waals surface area contributed by atoms with E-state index in [4.69, 9.17) is 11.6 Å². The van der Waals surface area contributed by atoms with Crippen LogP contribution in [0.2, 0.25) is 5.15 Å². The summed E-state index contributed by atoms with van der Waals surface area (Å²) in [6.45, 7) is 3.84. The molecule has 0 spiro atoms. The minimum atomic E-state index is 0.407. The molecule has 0 N–H and O–H groups in total. The Labute approximate surface area is 90.8 Å². The van der Waals surface area contributed by atoms with Crippen LogP contribution < -0.4 is 0 Å². The quantitative estimate of drug-likeness (QED) is 0.749. The molecule has 0 saturated carbocycles. The van der Waals surface area contributed by atoms with Crippen molar-refractivity contribution < 1.29 is 0 Å². The molecule has 0 amide bonds. The predicted molar refractivity (Wildman–Crippen MR) is 57.6 cm³/mol. The Kier molecular flexibility index (Phi) is 2.48. The molecule has 3 nitrogen and oxygen atoms in total. The standard InChI is InChI=1S/C9H8ClN3S/c1-5-3-7(8(10)13-12-5)9-11-6(2)4-14-9/h3-4H,1-2H3. The average Bonchev–Trinajstić information content (AvgIpc) is 2.56. The van der Waals surface area contributed by atoms with Gasteiger partial charge < -0.3 is 0 Å². The molecule has 2 rings (SSSR count). The monoisotopic (exact) mass is 225 g/mol. The lowest BCUT2D eigenvalue weighted by Gasteiger charge is -1.98. The summed E-state index contributed by atoms with van der Waals surface area (Å²) in [5.41, 5.74) is 2.70. The lowest BCUT2D eigenvalue weighted by molar-refractivity contribution is 0.982. The minimum absolute atomic E-state index is 0.407. The van der Waals surface area contributed by atoms with Gasteiger partial charge in [0.1, 0.15) is 5.01 Å². The second-order valence-electron chi connectivity index (χ2n) is 2.98. The van der Waals surface area contributed by atoms with Gasteiger partial charge in [0.25, 0.3) is 0 Å². The van der Waals surface area contributed by atoms with E-state index in [1.54, 1.807) is 11.3 Å². The van der Waals surface area contributed by atoms with Gasteiger partial charge >= 0.3 is 0 Å². The first-order chi connectivity index (χ1) is 6.66. The van der Waals surface area contributed by atoms with Crippen LogP contribution in [0.15, 0.2) is 11.4 Å². The van der Waals surface area contributed by atoms with Crippen molar-refractivity contribution in [3.8, 4) is 10.6 Å². The molecule has 0 fully saturated rings. The highest BCUT2D eigenvalue weighted by Crippen LogP contribution is 2.28. The number of hydrogen-bond donors (Lipinski definition) is 0. The first-order valence-corrected chi connectivity index (χ1v) is 5.35. The first-order valence-electron chi connectivity index (χ1n) is 4.09. The molecule has 0 aliphatic heterocycles. The van der Waals surface area contributed by atoms with Crippen LogP contribution in [0, 0.1) is 13.8 Å². The smallest absolute Gasteiger partial charge is 0.161 e. The highest BCUT2D eigenvalue weighted by atomic mass is 35.5. The minimum Gasteiger partial charge on any atom is -0.241 e. The van der Waals surface area contributed by atoms with Crippen LogP contribution in [-0.2, 0) is 0 Å². The first kappa shape index (κ1) is 9.55. The maximum atomic E-state index is 5.93. The van der Waals surface area contributed by atoms with E-state index < -0.39 is 0 Å². The van der Waals surface area contributed by atoms with Crippen molar-refractivity contribution in [2.75, 3.05) is 0 Å². The SMILES string of the molecule is Cc1cc(-c2nc(C)cs2)c(Cl)nn1. The third kappa shape index (κ3) is 1.76. The fourth-order valence-electron chi connectivity index (χ4n) is 1.10. The van der Waals surface area contributed by atoms with Crippen molar-refractivity contribution in [1.82, 2.24) is 15.2 Å². The van der Waals surface area contributed by atoms with Gasteiger partial charge in [-0.05, 0) is 19.9 Å². The summed E-state index contributed by atoms with van der Waals surface area (Å²) < 4.78 is 0. The zero-order valence-electron chi connectivity index (χ0n) is 7.78. The van der Waals surface area contributed by atoms with E-state index in [1.807, 2.05) is 25.3 Å². The fraction of sp³-hybridized carbons (Fsp3) is 0.222. The molecule has 0 bridgehead atoms. The second kappa shape index (κ2) is 3.63. The number of rotatable bonds is 1. The third-order valence-corrected chi connectivity index (χ3v) is 2.99. The Morgan fingerprint density at radius 2 is 2.00 bits per heavy atom. The summed E-state index contributed by atoms with van der Waals surface area (Å²) in [7, 11) is 0. The Bertz CT molecular complexity index is 467. The maximum absolute atomic E-state index is 5.93. The van der Waals surface area contributed by atoms with Crippen LogP contribution in [-0.4, -0.2) is 15.2 Å². The molecule has 2 heterocycles. The second-order valence-corrected chi connectivity index (χ2v) is 4.20. The normalized spacial score (nSPS) is 10.5. The van der Waals surface area contributed by atoms with Crippen LogP contribution in [0.4, 0.5) is 0 Å². The van der Waals surface area contributed by atoms with Crippen LogP contribution in [0.1, 0.15) is 11.4 Å². The molecule has 0 aliphatic carbocycles. The molecule has 0 aliphatic rings. The number of thiazole rings is 1. The number of aryl methyl sites for hydroxylation is 2. The molecule has 0 aromatic carbocycles. The zero-order valence-corrected chi connectivity index (χ0v) is 9.35. The highest BCUT2D eigenvalue weighted by molar-refractivity contribution is 7.13. The highest BCUT2D eigenvalue weighted by Gasteiger charge is 2.09. The van der Waals surface area contributed by atoms with Crippen LogP contribution in [0.5, 0.6) is 0 Å². The zero-order chi connectivity index (χ0) is 10.1. The van der Waals surface area contributed by atoms with Gasteiger partial charge in [-0.3, -0.25) is 0 Å². The van der Waals surface area contributed by atoms with Gasteiger partial charge in [0.05, 0.1) is 11.3 Å². The van der Waals surface area contributed by atoms with E-state index in [0.717, 1.165) is 22.0 Å². The van der Waals surface area contributed by atoms with Gasteiger partial charge in [0.15, 0.2) is 5.15 Å². The van der Waals surface area contributed by atoms with Crippen molar-refractivity contribution in [2.24, 2.45) is 0 Å². The van der Waals surface area contributed by atoms with Crippen molar-refractivity contribution >= 4 is 22.9 Å². The van der Waals surface area contributed by atoms with Gasteiger partial charge in [0.2, 0.25) is 0 Å². The molecule has 14 heavy (non-hydrogen) atoms. The van der Waals surface area contributed by atoms with Crippen molar-refractivity contribution in [3.63, 3.8) is 0 Å². The lowest BCUT2D eigenvalue weighted by atomic mass is 10.3. The van der Waals surface area contributed by atoms with E-state index in [-0.39, 0.29) is 0 Å². The van der Waals surface area contributed by atoms with Gasteiger partial charge in [-0.1, -0.05) is 11.6 Å². The van der Waals surface area contributed by atoms with Crippen LogP contribution >= 0.6 is 22.9 Å². The van der Waals surface area contributed by atoms with Gasteiger partial charge in [-0.2, -0.15) is 5.10 Å². The summed E-state index contributed by atoms with van der Waals surface area (Å²) in [5, 5.41) is 11.0. The molecule has 5 heteroatoms. The van der Waals surface area contributed by atoms with E-state index in [1.165, 1.54) is 0 Å². The van der Waals surface area contributed by atoms with E-state index in [0.29, 0.717) is 5.15 Å². The summed E-state index contributed by atoms with van der Waals surface area (Å²) in [5.74, 6) is 0. The molecule has 0 atom stereocenters. The van der Waals surface area contributed by atoms with E-state index in [2.05, 4.69) is 15.2 Å². The Morgan fingerprint density at radius 3 is 2.64 bits per heavy atom. The summed E-state index contributed by atoms with van der Waals surface area (Å²) >= 11 is 7.50. The Balaban J connectivity index is 2.55. The van der Waals surface area contributed by atoms with Gasteiger partial charge in [-0.25, -0.2) is 4.98 Å². The summed E-state index contributed by atoms with van der Waals surface area (Å²) in [4.78, 5) is 4.35. The maximum Gasteiger partial charge on any atom is 0.161 e. The lowest BCUT2D eigenvalue weighted by Crippen LogP contribution is -1.90. The van der Waals surface area contributed by atoms with Crippen LogP contribution in [0.3, 0.4) is 0 Å². The van der Waals surface area contributed by atoms with Crippen LogP contribution in [0.25, 0.3) is 10.6 Å². The molecule has 2 aromatic rings. The largest absolute Gasteiger partial charge is 0.241 e. The summed E-state index contributed by atoms with van der Waals surface area (Å²) in [6.07, 6.45) is 0. The average molecular weight is 226 g/mol. The number of halogens is 1.